The third-order valence-electron chi connectivity index (χ3n) is 4.03. The predicted octanol–water partition coefficient (Wildman–Crippen LogP) is 4.66. The predicted molar refractivity (Wildman–Crippen MR) is 89.2 cm³/mol. The average molecular weight is 361 g/mol. The van der Waals surface area contributed by atoms with Crippen LogP contribution in [0, 0.1) is 0 Å². The van der Waals surface area contributed by atoms with Crippen LogP contribution in [0.3, 0.4) is 0 Å². The SMILES string of the molecule is CCC(CC)N(CCBr)Cc1cc(Cl)cc2c1OCC2. The van der Waals surface area contributed by atoms with E-state index in [4.69, 9.17) is 16.3 Å². The van der Waals surface area contributed by atoms with Crippen LogP contribution < -0.4 is 4.74 Å². The van der Waals surface area contributed by atoms with E-state index in [9.17, 15) is 0 Å². The highest BCUT2D eigenvalue weighted by molar-refractivity contribution is 9.09. The molecule has 2 nitrogen and oxygen atoms in total. The van der Waals surface area contributed by atoms with Crippen molar-refractivity contribution in [3.8, 4) is 5.75 Å². The highest BCUT2D eigenvalue weighted by Gasteiger charge is 2.21. The molecule has 0 saturated heterocycles. The summed E-state index contributed by atoms with van der Waals surface area (Å²) in [6.45, 7) is 7.27. The van der Waals surface area contributed by atoms with Crippen molar-refractivity contribution < 1.29 is 4.74 Å². The minimum atomic E-state index is 0.614. The number of nitrogens with zero attached hydrogens (tertiary/aromatic N) is 1. The molecular weight excluding hydrogens is 338 g/mol. The minimum absolute atomic E-state index is 0.614. The first-order valence-corrected chi connectivity index (χ1v) is 8.93. The Kier molecular flexibility index (Phi) is 6.19. The molecule has 1 aromatic rings. The van der Waals surface area contributed by atoms with E-state index >= 15 is 0 Å². The second-order valence-corrected chi connectivity index (χ2v) is 6.51. The quantitative estimate of drug-likeness (QED) is 0.656. The summed E-state index contributed by atoms with van der Waals surface area (Å²) < 4.78 is 5.81. The maximum absolute atomic E-state index is 6.25. The van der Waals surface area contributed by atoms with Crippen LogP contribution in [0.25, 0.3) is 0 Å². The summed E-state index contributed by atoms with van der Waals surface area (Å²) in [6.07, 6.45) is 3.33. The minimum Gasteiger partial charge on any atom is -0.493 e. The van der Waals surface area contributed by atoms with Crippen LogP contribution in [0.15, 0.2) is 12.1 Å². The Morgan fingerprint density at radius 3 is 2.75 bits per heavy atom. The highest BCUT2D eigenvalue weighted by Crippen LogP contribution is 2.34. The third kappa shape index (κ3) is 3.69. The van der Waals surface area contributed by atoms with Gasteiger partial charge in [0, 0.05) is 41.5 Å². The fourth-order valence-corrected chi connectivity index (χ4v) is 3.71. The van der Waals surface area contributed by atoms with Gasteiger partial charge in [-0.2, -0.15) is 0 Å². The molecule has 0 atom stereocenters. The number of hydrogen-bond donors (Lipinski definition) is 0. The number of rotatable bonds is 7. The molecule has 0 amide bonds. The highest BCUT2D eigenvalue weighted by atomic mass is 79.9. The first-order valence-electron chi connectivity index (χ1n) is 7.43. The van der Waals surface area contributed by atoms with E-state index in [-0.39, 0.29) is 0 Å². The number of alkyl halides is 1. The van der Waals surface area contributed by atoms with E-state index in [2.05, 4.69) is 40.7 Å². The van der Waals surface area contributed by atoms with Crippen molar-refractivity contribution >= 4 is 27.5 Å². The number of ether oxygens (including phenoxy) is 1. The Hall–Kier alpha value is -0.250. The molecule has 0 bridgehead atoms. The second kappa shape index (κ2) is 7.67. The molecule has 2 rings (SSSR count). The molecule has 0 aromatic heterocycles. The van der Waals surface area contributed by atoms with Gasteiger partial charge < -0.3 is 4.74 Å². The summed E-state index contributed by atoms with van der Waals surface area (Å²) >= 11 is 9.82. The van der Waals surface area contributed by atoms with Crippen LogP contribution in [0.2, 0.25) is 5.02 Å². The van der Waals surface area contributed by atoms with E-state index < -0.39 is 0 Å². The van der Waals surface area contributed by atoms with Crippen LogP contribution in [-0.2, 0) is 13.0 Å². The zero-order valence-electron chi connectivity index (χ0n) is 12.3. The van der Waals surface area contributed by atoms with Crippen LogP contribution in [0.4, 0.5) is 0 Å². The Balaban J connectivity index is 2.22. The largest absolute Gasteiger partial charge is 0.493 e. The molecule has 1 aromatic carbocycles. The smallest absolute Gasteiger partial charge is 0.127 e. The molecule has 112 valence electrons. The van der Waals surface area contributed by atoms with Crippen molar-refractivity contribution in [2.75, 3.05) is 18.5 Å². The Morgan fingerprint density at radius 2 is 2.10 bits per heavy atom. The Labute approximate surface area is 135 Å². The summed E-state index contributed by atoms with van der Waals surface area (Å²) in [4.78, 5) is 2.53. The fourth-order valence-electron chi connectivity index (χ4n) is 2.99. The average Bonchev–Trinajstić information content (AvgIpc) is 2.88. The number of fused-ring (bicyclic) bond motifs is 1. The van der Waals surface area contributed by atoms with Crippen molar-refractivity contribution in [2.45, 2.75) is 45.7 Å². The lowest BCUT2D eigenvalue weighted by atomic mass is 10.1. The van der Waals surface area contributed by atoms with E-state index in [1.165, 1.54) is 24.0 Å². The molecular formula is C16H23BrClNO. The monoisotopic (exact) mass is 359 g/mol. The van der Waals surface area contributed by atoms with Gasteiger partial charge in [-0.3, -0.25) is 4.90 Å². The first-order chi connectivity index (χ1) is 9.69. The van der Waals surface area contributed by atoms with Crippen LogP contribution in [0.1, 0.15) is 37.8 Å². The maximum atomic E-state index is 6.25. The number of hydrogen-bond acceptors (Lipinski definition) is 2. The summed E-state index contributed by atoms with van der Waals surface area (Å²) in [6, 6.07) is 4.72. The number of benzene rings is 1. The van der Waals surface area contributed by atoms with Crippen LogP contribution in [0.5, 0.6) is 5.75 Å². The van der Waals surface area contributed by atoms with Gasteiger partial charge in [-0.05, 0) is 30.5 Å². The lowest BCUT2D eigenvalue weighted by Crippen LogP contribution is -2.35. The van der Waals surface area contributed by atoms with E-state index in [1.807, 2.05) is 6.07 Å². The molecule has 0 spiro atoms. The normalized spacial score (nSPS) is 13.9. The maximum Gasteiger partial charge on any atom is 0.127 e. The Morgan fingerprint density at radius 1 is 1.35 bits per heavy atom. The summed E-state index contributed by atoms with van der Waals surface area (Å²) in [5, 5.41) is 1.82. The van der Waals surface area contributed by atoms with Gasteiger partial charge in [-0.1, -0.05) is 41.4 Å². The molecule has 0 N–H and O–H groups in total. The molecule has 0 fully saturated rings. The lowest BCUT2D eigenvalue weighted by Gasteiger charge is -2.30. The van der Waals surface area contributed by atoms with Crippen molar-refractivity contribution in [1.29, 1.82) is 0 Å². The van der Waals surface area contributed by atoms with Gasteiger partial charge in [-0.25, -0.2) is 0 Å². The van der Waals surface area contributed by atoms with Crippen molar-refractivity contribution in [1.82, 2.24) is 4.90 Å². The summed E-state index contributed by atoms with van der Waals surface area (Å²) in [7, 11) is 0. The van der Waals surface area contributed by atoms with Crippen LogP contribution >= 0.6 is 27.5 Å². The van der Waals surface area contributed by atoms with Gasteiger partial charge in [-0.15, -0.1) is 0 Å². The van der Waals surface area contributed by atoms with E-state index in [0.717, 1.165) is 42.2 Å². The van der Waals surface area contributed by atoms with Gasteiger partial charge in [0.15, 0.2) is 0 Å². The molecule has 1 heterocycles. The molecule has 0 radical (unpaired) electrons. The van der Waals surface area contributed by atoms with Gasteiger partial charge >= 0.3 is 0 Å². The molecule has 0 saturated carbocycles. The zero-order chi connectivity index (χ0) is 14.5. The van der Waals surface area contributed by atoms with E-state index in [0.29, 0.717) is 6.04 Å². The fraction of sp³-hybridized carbons (Fsp3) is 0.625. The lowest BCUT2D eigenvalue weighted by molar-refractivity contribution is 0.186. The molecule has 0 unspecified atom stereocenters. The number of halogens is 2. The summed E-state index contributed by atoms with van der Waals surface area (Å²) in [5.41, 5.74) is 2.49. The summed E-state index contributed by atoms with van der Waals surface area (Å²) in [5.74, 6) is 1.07. The third-order valence-corrected chi connectivity index (χ3v) is 4.60. The first kappa shape index (κ1) is 16.1. The van der Waals surface area contributed by atoms with Crippen molar-refractivity contribution in [3.05, 3.63) is 28.3 Å². The van der Waals surface area contributed by atoms with Gasteiger partial charge in [0.05, 0.1) is 6.61 Å². The topological polar surface area (TPSA) is 12.5 Å². The second-order valence-electron chi connectivity index (χ2n) is 5.28. The molecule has 1 aliphatic rings. The molecule has 20 heavy (non-hydrogen) atoms. The van der Waals surface area contributed by atoms with Gasteiger partial charge in [0.2, 0.25) is 0 Å². The van der Waals surface area contributed by atoms with Crippen molar-refractivity contribution in [2.24, 2.45) is 0 Å². The molecule has 4 heteroatoms. The molecule has 0 aliphatic carbocycles. The zero-order valence-corrected chi connectivity index (χ0v) is 14.6. The molecule has 1 aliphatic heterocycles. The standard InChI is InChI=1S/C16H23BrClNO/c1-3-15(4-2)19(7-6-17)11-13-10-14(18)9-12-5-8-20-16(12)13/h9-10,15H,3-8,11H2,1-2H3. The van der Waals surface area contributed by atoms with E-state index in [1.54, 1.807) is 0 Å². The van der Waals surface area contributed by atoms with Crippen LogP contribution in [-0.4, -0.2) is 29.4 Å². The van der Waals surface area contributed by atoms with Gasteiger partial charge in [0.25, 0.3) is 0 Å². The Bertz CT molecular complexity index is 448. The van der Waals surface area contributed by atoms with Crippen molar-refractivity contribution in [3.63, 3.8) is 0 Å². The van der Waals surface area contributed by atoms with Gasteiger partial charge in [0.1, 0.15) is 5.75 Å².